The van der Waals surface area contributed by atoms with Crippen molar-refractivity contribution in [1.29, 1.82) is 0 Å². The SMILES string of the molecule is CCCCCCO[C@@]1(n2ccc(=O)[nH]c2=O)O[C@H](COP(=O)(O)OP(=O)(O)O)[C@@H](O)[C@H]1O. The van der Waals surface area contributed by atoms with Crippen LogP contribution in [0.25, 0.3) is 0 Å². The van der Waals surface area contributed by atoms with Gasteiger partial charge >= 0.3 is 21.3 Å². The average Bonchev–Trinajstić information content (AvgIpc) is 2.90. The maximum atomic E-state index is 12.3. The van der Waals surface area contributed by atoms with Crippen molar-refractivity contribution in [2.24, 2.45) is 0 Å². The zero-order valence-electron chi connectivity index (χ0n) is 17.0. The van der Waals surface area contributed by atoms with Crippen molar-refractivity contribution in [3.8, 4) is 0 Å². The number of aromatic nitrogens is 2. The van der Waals surface area contributed by atoms with E-state index in [2.05, 4.69) is 8.83 Å². The number of nitrogens with one attached hydrogen (secondary N) is 1. The summed E-state index contributed by atoms with van der Waals surface area (Å²) >= 11 is 0. The third kappa shape index (κ3) is 6.89. The molecule has 1 saturated heterocycles. The lowest BCUT2D eigenvalue weighted by Crippen LogP contribution is -2.53. The fraction of sp³-hybridized carbons (Fsp3) is 0.733. The molecule has 32 heavy (non-hydrogen) atoms. The molecule has 17 heteroatoms. The summed E-state index contributed by atoms with van der Waals surface area (Å²) in [4.78, 5) is 52.4. The number of hydrogen-bond donors (Lipinski definition) is 6. The second-order valence-electron chi connectivity index (χ2n) is 6.95. The van der Waals surface area contributed by atoms with Crippen LogP contribution in [0.3, 0.4) is 0 Å². The van der Waals surface area contributed by atoms with Crippen LogP contribution < -0.4 is 11.2 Å². The molecule has 0 bridgehead atoms. The molecule has 0 aromatic carbocycles. The molecule has 0 aliphatic carbocycles. The second-order valence-corrected chi connectivity index (χ2v) is 9.78. The predicted octanol–water partition coefficient (Wildman–Crippen LogP) is -0.909. The lowest BCUT2D eigenvalue weighted by atomic mass is 10.1. The normalized spacial score (nSPS) is 28.0. The highest BCUT2D eigenvalue weighted by Crippen LogP contribution is 2.57. The number of aliphatic hydroxyl groups is 2. The van der Waals surface area contributed by atoms with E-state index in [0.717, 1.165) is 31.5 Å². The average molecular weight is 504 g/mol. The lowest BCUT2D eigenvalue weighted by Gasteiger charge is -2.33. The summed E-state index contributed by atoms with van der Waals surface area (Å²) in [5, 5.41) is 21.0. The number of ether oxygens (including phenoxy) is 2. The third-order valence-electron chi connectivity index (χ3n) is 4.48. The van der Waals surface area contributed by atoms with Crippen LogP contribution in [0.2, 0.25) is 0 Å². The van der Waals surface area contributed by atoms with Gasteiger partial charge in [-0.2, -0.15) is 4.31 Å². The maximum absolute atomic E-state index is 12.3. The van der Waals surface area contributed by atoms with Crippen molar-refractivity contribution >= 4 is 15.6 Å². The van der Waals surface area contributed by atoms with E-state index in [1.807, 2.05) is 11.9 Å². The van der Waals surface area contributed by atoms with Gasteiger partial charge in [0.1, 0.15) is 12.2 Å². The quantitative estimate of drug-likeness (QED) is 0.150. The Labute approximate surface area is 181 Å². The Morgan fingerprint density at radius 3 is 2.47 bits per heavy atom. The number of rotatable bonds is 12. The number of H-pyrrole nitrogens is 1. The molecule has 15 nitrogen and oxygen atoms in total. The van der Waals surface area contributed by atoms with Crippen LogP contribution in [-0.4, -0.2) is 66.0 Å². The maximum Gasteiger partial charge on any atom is 0.481 e. The van der Waals surface area contributed by atoms with Crippen LogP contribution in [0.5, 0.6) is 0 Å². The lowest BCUT2D eigenvalue weighted by molar-refractivity contribution is -0.318. The van der Waals surface area contributed by atoms with E-state index in [1.165, 1.54) is 0 Å². The van der Waals surface area contributed by atoms with E-state index in [9.17, 15) is 33.8 Å². The molecule has 1 fully saturated rings. The van der Waals surface area contributed by atoms with Crippen LogP contribution in [0.4, 0.5) is 0 Å². The van der Waals surface area contributed by atoms with E-state index in [-0.39, 0.29) is 6.61 Å². The summed E-state index contributed by atoms with van der Waals surface area (Å²) in [6.07, 6.45) is -1.30. The molecule has 1 aliphatic heterocycles. The molecule has 5 atom stereocenters. The minimum atomic E-state index is -5.38. The standard InChI is InChI=1S/C15H26N2O13P2/c1-2-3-4-5-8-27-15(17-7-6-11(18)16-14(17)21)13(20)12(19)10(29-15)9-28-32(25,26)30-31(22,23)24/h6-7,10,12-13,19-20H,2-5,8-9H2,1H3,(H,25,26)(H,16,18,21)(H2,22,23,24)/t10-,12-,13-,15-/m1/s1. The van der Waals surface area contributed by atoms with Crippen molar-refractivity contribution in [2.75, 3.05) is 13.2 Å². The van der Waals surface area contributed by atoms with Crippen molar-refractivity contribution in [3.05, 3.63) is 33.1 Å². The fourth-order valence-corrected chi connectivity index (χ4v) is 4.63. The number of unbranched alkanes of at least 4 members (excludes halogenated alkanes) is 3. The highest BCUT2D eigenvalue weighted by molar-refractivity contribution is 7.60. The van der Waals surface area contributed by atoms with Crippen LogP contribution in [0, 0.1) is 0 Å². The van der Waals surface area contributed by atoms with Crippen molar-refractivity contribution in [1.82, 2.24) is 9.55 Å². The minimum absolute atomic E-state index is 0.0251. The molecule has 184 valence electrons. The third-order valence-corrected chi connectivity index (χ3v) is 6.63. The number of aromatic amines is 1. The van der Waals surface area contributed by atoms with Gasteiger partial charge in [0.15, 0.2) is 6.10 Å². The Morgan fingerprint density at radius 1 is 1.19 bits per heavy atom. The number of phosphoric ester groups is 1. The topological polar surface area (TPSA) is 227 Å². The van der Waals surface area contributed by atoms with Gasteiger partial charge in [0.05, 0.1) is 13.2 Å². The van der Waals surface area contributed by atoms with Gasteiger partial charge in [-0.25, -0.2) is 18.5 Å². The summed E-state index contributed by atoms with van der Waals surface area (Å²) in [5.74, 6) is -2.33. The minimum Gasteiger partial charge on any atom is -0.387 e. The monoisotopic (exact) mass is 504 g/mol. The molecule has 0 spiro atoms. The highest BCUT2D eigenvalue weighted by Gasteiger charge is 2.58. The van der Waals surface area contributed by atoms with Crippen LogP contribution >= 0.6 is 15.6 Å². The smallest absolute Gasteiger partial charge is 0.387 e. The molecule has 2 rings (SSSR count). The Morgan fingerprint density at radius 2 is 1.88 bits per heavy atom. The van der Waals surface area contributed by atoms with Gasteiger partial charge in [-0.15, -0.1) is 0 Å². The zero-order valence-corrected chi connectivity index (χ0v) is 18.8. The van der Waals surface area contributed by atoms with Crippen LogP contribution in [0.15, 0.2) is 21.9 Å². The summed E-state index contributed by atoms with van der Waals surface area (Å²) in [6, 6.07) is 0.950. The molecule has 0 radical (unpaired) electrons. The summed E-state index contributed by atoms with van der Waals surface area (Å²) in [5.41, 5.74) is -1.77. The molecule has 2 heterocycles. The predicted molar refractivity (Wildman–Crippen MR) is 105 cm³/mol. The number of nitrogens with zero attached hydrogens (tertiary/aromatic N) is 1. The van der Waals surface area contributed by atoms with Gasteiger partial charge in [0, 0.05) is 12.3 Å². The number of aliphatic hydroxyl groups excluding tert-OH is 2. The van der Waals surface area contributed by atoms with Gasteiger partial charge in [-0.05, 0) is 6.42 Å². The Balaban J connectivity index is 2.27. The van der Waals surface area contributed by atoms with Crippen molar-refractivity contribution in [3.63, 3.8) is 0 Å². The molecule has 0 saturated carbocycles. The molecular weight excluding hydrogens is 478 g/mol. The summed E-state index contributed by atoms with van der Waals surface area (Å²) in [6.45, 7) is 0.983. The van der Waals surface area contributed by atoms with Gasteiger partial charge < -0.3 is 34.4 Å². The first kappa shape index (κ1) is 27.0. The van der Waals surface area contributed by atoms with Crippen molar-refractivity contribution in [2.45, 2.75) is 56.8 Å². The first-order chi connectivity index (χ1) is 14.8. The molecule has 1 aliphatic rings. The second kappa shape index (κ2) is 10.8. The molecular formula is C15H26N2O13P2. The first-order valence-corrected chi connectivity index (χ1v) is 12.6. The molecule has 6 N–H and O–H groups in total. The van der Waals surface area contributed by atoms with Gasteiger partial charge in [-0.3, -0.25) is 14.3 Å². The van der Waals surface area contributed by atoms with E-state index >= 15 is 0 Å². The molecule has 0 amide bonds. The van der Waals surface area contributed by atoms with Crippen molar-refractivity contribution < 1.29 is 52.3 Å². The van der Waals surface area contributed by atoms with Gasteiger partial charge in [-0.1, -0.05) is 26.2 Å². The van der Waals surface area contributed by atoms with E-state index in [4.69, 9.17) is 19.3 Å². The molecule has 1 aromatic rings. The highest BCUT2D eigenvalue weighted by atomic mass is 31.3. The van der Waals surface area contributed by atoms with E-state index in [1.54, 1.807) is 0 Å². The molecule has 1 aromatic heterocycles. The Kier molecular flexibility index (Phi) is 9.13. The van der Waals surface area contributed by atoms with Crippen LogP contribution in [0.1, 0.15) is 32.6 Å². The first-order valence-electron chi connectivity index (χ1n) is 9.56. The molecule has 1 unspecified atom stereocenters. The van der Waals surface area contributed by atoms with Gasteiger partial charge in [0.25, 0.3) is 11.5 Å². The summed E-state index contributed by atoms with van der Waals surface area (Å²) in [7, 11) is -10.6. The van der Waals surface area contributed by atoms with E-state index < -0.39 is 57.7 Å². The number of phosphoric acid groups is 2. The number of hydrogen-bond acceptors (Lipinski definition) is 10. The fourth-order valence-electron chi connectivity index (χ4n) is 3.03. The Hall–Kier alpha value is -1.22. The van der Waals surface area contributed by atoms with Crippen LogP contribution in [-0.2, 0) is 33.3 Å². The summed E-state index contributed by atoms with van der Waals surface area (Å²) < 4.78 is 42.4. The zero-order chi connectivity index (χ0) is 24.2. The van der Waals surface area contributed by atoms with E-state index in [0.29, 0.717) is 11.0 Å². The largest absolute Gasteiger partial charge is 0.481 e. The Bertz CT molecular complexity index is 975. The van der Waals surface area contributed by atoms with Gasteiger partial charge in [0.2, 0.25) is 0 Å².